The number of benzene rings is 2. The van der Waals surface area contributed by atoms with Gasteiger partial charge in [-0.15, -0.1) is 0 Å². The zero-order valence-corrected chi connectivity index (χ0v) is 14.1. The number of aromatic nitrogens is 1. The molecule has 0 aliphatic rings. The third kappa shape index (κ3) is 3.61. The van der Waals surface area contributed by atoms with Crippen LogP contribution in [0.15, 0.2) is 65.8 Å². The van der Waals surface area contributed by atoms with Crippen LogP contribution in [0.25, 0.3) is 5.69 Å². The summed E-state index contributed by atoms with van der Waals surface area (Å²) in [6, 6.07) is 18.1. The third-order valence-corrected chi connectivity index (χ3v) is 3.98. The first-order valence-electron chi connectivity index (χ1n) is 7.93. The lowest BCUT2D eigenvalue weighted by Crippen LogP contribution is -2.17. The van der Waals surface area contributed by atoms with Crippen molar-refractivity contribution < 1.29 is 9.90 Å². The highest BCUT2D eigenvalue weighted by Crippen LogP contribution is 2.19. The van der Waals surface area contributed by atoms with Gasteiger partial charge in [0.2, 0.25) is 0 Å². The van der Waals surface area contributed by atoms with Gasteiger partial charge in [-0.05, 0) is 56.3 Å². The number of nitrogens with zero attached hydrogens (tertiary/aromatic N) is 2. The van der Waals surface area contributed by atoms with Crippen LogP contribution in [0.5, 0.6) is 5.75 Å². The summed E-state index contributed by atoms with van der Waals surface area (Å²) in [6.07, 6.45) is 1.64. The number of aryl methyl sites for hydroxylation is 1. The first kappa shape index (κ1) is 16.5. The Morgan fingerprint density at radius 2 is 1.76 bits per heavy atom. The smallest absolute Gasteiger partial charge is 0.271 e. The van der Waals surface area contributed by atoms with Crippen molar-refractivity contribution in [3.63, 3.8) is 0 Å². The van der Waals surface area contributed by atoms with Gasteiger partial charge in [-0.2, -0.15) is 5.10 Å². The Hall–Kier alpha value is -3.34. The average Bonchev–Trinajstić information content (AvgIpc) is 2.90. The van der Waals surface area contributed by atoms with Crippen LogP contribution in [0, 0.1) is 13.8 Å². The van der Waals surface area contributed by atoms with Crippen molar-refractivity contribution in [3.8, 4) is 11.4 Å². The highest BCUT2D eigenvalue weighted by Gasteiger charge is 2.09. The van der Waals surface area contributed by atoms with E-state index >= 15 is 0 Å². The number of rotatable bonds is 4. The van der Waals surface area contributed by atoms with Crippen LogP contribution in [0.1, 0.15) is 27.3 Å². The number of hydrogen-bond donors (Lipinski definition) is 2. The van der Waals surface area contributed by atoms with Crippen LogP contribution in [0.4, 0.5) is 0 Å². The summed E-state index contributed by atoms with van der Waals surface area (Å²) < 4.78 is 2.14. The van der Waals surface area contributed by atoms with Crippen LogP contribution < -0.4 is 5.43 Å². The molecule has 0 aliphatic carbocycles. The number of nitrogens with one attached hydrogen (secondary N) is 1. The summed E-state index contributed by atoms with van der Waals surface area (Å²) in [5.41, 5.74) is 7.10. The fourth-order valence-electron chi connectivity index (χ4n) is 2.73. The first-order chi connectivity index (χ1) is 12.1. The quantitative estimate of drug-likeness (QED) is 0.566. The topological polar surface area (TPSA) is 66.6 Å². The minimum atomic E-state index is -0.326. The predicted molar refractivity (Wildman–Crippen MR) is 98.4 cm³/mol. The fourth-order valence-corrected chi connectivity index (χ4v) is 2.73. The van der Waals surface area contributed by atoms with Crippen molar-refractivity contribution in [2.75, 3.05) is 0 Å². The molecule has 0 radical (unpaired) electrons. The molecule has 2 N–H and O–H groups in total. The lowest BCUT2D eigenvalue weighted by atomic mass is 10.2. The second kappa shape index (κ2) is 7.05. The molecule has 1 heterocycles. The molecular formula is C20H19N3O2. The monoisotopic (exact) mass is 333 g/mol. The van der Waals surface area contributed by atoms with E-state index in [4.69, 9.17) is 0 Å². The molecule has 126 valence electrons. The van der Waals surface area contributed by atoms with E-state index in [1.807, 2.05) is 50.2 Å². The van der Waals surface area contributed by atoms with E-state index in [-0.39, 0.29) is 11.7 Å². The van der Waals surface area contributed by atoms with E-state index in [2.05, 4.69) is 15.1 Å². The van der Waals surface area contributed by atoms with Gasteiger partial charge in [0.05, 0.1) is 6.21 Å². The molecule has 0 unspecified atom stereocenters. The molecule has 5 heteroatoms. The largest absolute Gasteiger partial charge is 0.508 e. The van der Waals surface area contributed by atoms with Gasteiger partial charge in [-0.3, -0.25) is 4.79 Å². The molecule has 0 bridgehead atoms. The Labute approximate surface area is 146 Å². The molecule has 5 nitrogen and oxygen atoms in total. The number of aromatic hydroxyl groups is 1. The van der Waals surface area contributed by atoms with Crippen LogP contribution in [0.3, 0.4) is 0 Å². The molecule has 0 saturated carbocycles. The number of para-hydroxylation sites is 1. The molecular weight excluding hydrogens is 314 g/mol. The van der Waals surface area contributed by atoms with Gasteiger partial charge < -0.3 is 9.67 Å². The van der Waals surface area contributed by atoms with Gasteiger partial charge in [-0.25, -0.2) is 5.43 Å². The number of carbonyl (C=O) groups excluding carboxylic acids is 1. The van der Waals surface area contributed by atoms with E-state index in [0.717, 1.165) is 22.6 Å². The van der Waals surface area contributed by atoms with Gasteiger partial charge in [0.25, 0.3) is 5.91 Å². The normalized spacial score (nSPS) is 11.0. The molecule has 2 aromatic carbocycles. The standard InChI is InChI=1S/C20H19N3O2/c1-14-12-17(15(2)23(14)18-6-4-3-5-7-18)13-21-22-20(25)16-8-10-19(24)11-9-16/h3-13,24H,1-2H3,(H,22,25)/b21-13-. The molecule has 0 aliphatic heterocycles. The minimum Gasteiger partial charge on any atom is -0.508 e. The Morgan fingerprint density at radius 3 is 2.44 bits per heavy atom. The maximum Gasteiger partial charge on any atom is 0.271 e. The Kier molecular flexibility index (Phi) is 4.66. The highest BCUT2D eigenvalue weighted by atomic mass is 16.3. The first-order valence-corrected chi connectivity index (χ1v) is 7.93. The van der Waals surface area contributed by atoms with Crippen LogP contribution in [0.2, 0.25) is 0 Å². The fraction of sp³-hybridized carbons (Fsp3) is 0.100. The molecule has 25 heavy (non-hydrogen) atoms. The summed E-state index contributed by atoms with van der Waals surface area (Å²) in [4.78, 5) is 12.0. The van der Waals surface area contributed by atoms with Crippen molar-refractivity contribution in [3.05, 3.63) is 83.2 Å². The average molecular weight is 333 g/mol. The van der Waals surface area contributed by atoms with Crippen molar-refractivity contribution >= 4 is 12.1 Å². The lowest BCUT2D eigenvalue weighted by molar-refractivity contribution is 0.0955. The molecule has 0 atom stereocenters. The molecule has 0 fully saturated rings. The van der Waals surface area contributed by atoms with Crippen molar-refractivity contribution in [1.29, 1.82) is 0 Å². The summed E-state index contributed by atoms with van der Waals surface area (Å²) in [5, 5.41) is 13.3. The second-order valence-electron chi connectivity index (χ2n) is 5.74. The lowest BCUT2D eigenvalue weighted by Gasteiger charge is -2.08. The number of phenols is 1. The zero-order chi connectivity index (χ0) is 17.8. The third-order valence-electron chi connectivity index (χ3n) is 3.98. The summed E-state index contributed by atoms with van der Waals surface area (Å²) in [6.45, 7) is 4.05. The van der Waals surface area contributed by atoms with Gasteiger partial charge >= 0.3 is 0 Å². The molecule has 3 rings (SSSR count). The highest BCUT2D eigenvalue weighted by molar-refractivity contribution is 5.95. The number of phenolic OH excluding ortho intramolecular Hbond substituents is 1. The summed E-state index contributed by atoms with van der Waals surface area (Å²) in [7, 11) is 0. The number of hydrogen-bond acceptors (Lipinski definition) is 3. The van der Waals surface area contributed by atoms with E-state index in [1.165, 1.54) is 12.1 Å². The van der Waals surface area contributed by atoms with Crippen LogP contribution in [-0.2, 0) is 0 Å². The SMILES string of the molecule is Cc1cc(/C=N\NC(=O)c2ccc(O)cc2)c(C)n1-c1ccccc1. The molecule has 0 spiro atoms. The van der Waals surface area contributed by atoms with E-state index in [9.17, 15) is 9.90 Å². The Bertz CT molecular complexity index is 910. The minimum absolute atomic E-state index is 0.119. The Balaban J connectivity index is 1.76. The van der Waals surface area contributed by atoms with Crippen LogP contribution in [-0.4, -0.2) is 21.8 Å². The van der Waals surface area contributed by atoms with Crippen molar-refractivity contribution in [2.24, 2.45) is 5.10 Å². The van der Waals surface area contributed by atoms with Gasteiger partial charge in [0.1, 0.15) is 5.75 Å². The van der Waals surface area contributed by atoms with Crippen molar-refractivity contribution in [1.82, 2.24) is 9.99 Å². The summed E-state index contributed by atoms with van der Waals surface area (Å²) >= 11 is 0. The number of amides is 1. The molecule has 1 aromatic heterocycles. The maximum absolute atomic E-state index is 12.0. The van der Waals surface area contributed by atoms with E-state index < -0.39 is 0 Å². The maximum atomic E-state index is 12.0. The Morgan fingerprint density at radius 1 is 1.08 bits per heavy atom. The second-order valence-corrected chi connectivity index (χ2v) is 5.74. The van der Waals surface area contributed by atoms with Crippen LogP contribution >= 0.6 is 0 Å². The predicted octanol–water partition coefficient (Wildman–Crippen LogP) is 3.56. The van der Waals surface area contributed by atoms with Gasteiger partial charge in [-0.1, -0.05) is 18.2 Å². The molecule has 3 aromatic rings. The van der Waals surface area contributed by atoms with Gasteiger partial charge in [0.15, 0.2) is 0 Å². The molecule has 0 saturated heterocycles. The van der Waals surface area contributed by atoms with E-state index in [0.29, 0.717) is 5.56 Å². The van der Waals surface area contributed by atoms with Crippen molar-refractivity contribution in [2.45, 2.75) is 13.8 Å². The zero-order valence-electron chi connectivity index (χ0n) is 14.1. The number of hydrazone groups is 1. The summed E-state index contributed by atoms with van der Waals surface area (Å²) in [5.74, 6) is -0.207. The number of carbonyl (C=O) groups is 1. The van der Waals surface area contributed by atoms with E-state index in [1.54, 1.807) is 18.3 Å². The molecule has 1 amide bonds. The van der Waals surface area contributed by atoms with Gasteiger partial charge in [0, 0.05) is 28.2 Å².